The number of fused-ring (bicyclic) bond motifs is 1. The topological polar surface area (TPSA) is 82.9 Å². The number of carbonyl (C=O) groups is 1. The van der Waals surface area contributed by atoms with Gasteiger partial charge in [-0.25, -0.2) is 4.98 Å². The van der Waals surface area contributed by atoms with Gasteiger partial charge in [0.15, 0.2) is 0 Å². The summed E-state index contributed by atoms with van der Waals surface area (Å²) < 4.78 is 2.14. The van der Waals surface area contributed by atoms with E-state index in [9.17, 15) is 4.79 Å². The van der Waals surface area contributed by atoms with Gasteiger partial charge in [-0.1, -0.05) is 37.3 Å². The van der Waals surface area contributed by atoms with E-state index in [2.05, 4.69) is 88.0 Å². The largest absolute Gasteiger partial charge is 0.368 e. The zero-order valence-electron chi connectivity index (χ0n) is 21.6. The molecule has 2 aromatic carbocycles. The molecule has 3 heterocycles. The fourth-order valence-electron chi connectivity index (χ4n) is 5.24. The van der Waals surface area contributed by atoms with Crippen molar-refractivity contribution in [3.63, 3.8) is 0 Å². The molecule has 5 rings (SSSR count). The number of aromatic nitrogens is 5. The predicted octanol–water partition coefficient (Wildman–Crippen LogP) is 4.11. The van der Waals surface area contributed by atoms with Crippen LogP contribution in [0.2, 0.25) is 0 Å². The van der Waals surface area contributed by atoms with Gasteiger partial charge < -0.3 is 9.80 Å². The second-order valence-corrected chi connectivity index (χ2v) is 9.92. The van der Waals surface area contributed by atoms with E-state index >= 15 is 0 Å². The Labute approximate surface area is 212 Å². The average Bonchev–Trinajstić information content (AvgIpc) is 3.47. The van der Waals surface area contributed by atoms with Gasteiger partial charge in [0.25, 0.3) is 0 Å². The van der Waals surface area contributed by atoms with Crippen LogP contribution in [0, 0.1) is 6.92 Å². The number of amides is 1. The molecule has 0 aliphatic carbocycles. The molecule has 1 fully saturated rings. The molecule has 4 aromatic rings. The third kappa shape index (κ3) is 4.85. The van der Waals surface area contributed by atoms with Crippen LogP contribution < -0.4 is 4.90 Å². The predicted molar refractivity (Wildman–Crippen MR) is 142 cm³/mol. The highest BCUT2D eigenvalue weighted by Gasteiger charge is 2.31. The van der Waals surface area contributed by atoms with Crippen molar-refractivity contribution in [3.05, 3.63) is 71.4 Å². The van der Waals surface area contributed by atoms with Crippen molar-refractivity contribution in [2.75, 3.05) is 24.5 Å². The first-order valence-corrected chi connectivity index (χ1v) is 12.9. The summed E-state index contributed by atoms with van der Waals surface area (Å²) in [7, 11) is 0. The number of benzene rings is 2. The number of aromatic amines is 1. The van der Waals surface area contributed by atoms with E-state index in [-0.39, 0.29) is 18.4 Å². The maximum Gasteiger partial charge on any atom is 0.230 e. The van der Waals surface area contributed by atoms with Gasteiger partial charge in [-0.3, -0.25) is 14.6 Å². The molecule has 1 aliphatic rings. The maximum atomic E-state index is 13.4. The van der Waals surface area contributed by atoms with Crippen molar-refractivity contribution in [3.8, 4) is 0 Å². The van der Waals surface area contributed by atoms with Crippen LogP contribution in [0.1, 0.15) is 49.7 Å². The lowest BCUT2D eigenvalue weighted by Crippen LogP contribution is -2.56. The van der Waals surface area contributed by atoms with Crippen molar-refractivity contribution in [1.82, 2.24) is 29.9 Å². The quantitative estimate of drug-likeness (QED) is 0.426. The number of hydrogen-bond acceptors (Lipinski definition) is 5. The molecular weight excluding hydrogens is 450 g/mol. The molecular formula is C28H35N7O. The molecule has 1 unspecified atom stereocenters. The second-order valence-electron chi connectivity index (χ2n) is 9.92. The SMILES string of the molecule is CCc1nn(C(C)C)c2cc(N3CCN(C(=O)Cc4nc(C)n[nH]4)C(Cc4ccccc4)C3)ccc12. The lowest BCUT2D eigenvalue weighted by atomic mass is 10.0. The van der Waals surface area contributed by atoms with Crippen LogP contribution in [0.3, 0.4) is 0 Å². The molecule has 2 aromatic heterocycles. The first-order valence-electron chi connectivity index (χ1n) is 12.9. The highest BCUT2D eigenvalue weighted by atomic mass is 16.2. The van der Waals surface area contributed by atoms with E-state index in [4.69, 9.17) is 5.10 Å². The van der Waals surface area contributed by atoms with Crippen molar-refractivity contribution < 1.29 is 4.79 Å². The van der Waals surface area contributed by atoms with Crippen LogP contribution in [0.15, 0.2) is 48.5 Å². The van der Waals surface area contributed by atoms with Gasteiger partial charge in [0.05, 0.1) is 23.7 Å². The minimum atomic E-state index is 0.0644. The van der Waals surface area contributed by atoms with Crippen LogP contribution in [-0.4, -0.2) is 61.4 Å². The number of piperazine rings is 1. The number of carbonyl (C=O) groups excluding carboxylic acids is 1. The first-order chi connectivity index (χ1) is 17.4. The first kappa shape index (κ1) is 24.0. The molecule has 1 amide bonds. The van der Waals surface area contributed by atoms with E-state index < -0.39 is 0 Å². The normalized spacial score (nSPS) is 16.3. The summed E-state index contributed by atoms with van der Waals surface area (Å²) in [5.74, 6) is 1.37. The summed E-state index contributed by atoms with van der Waals surface area (Å²) >= 11 is 0. The number of anilines is 1. The highest BCUT2D eigenvalue weighted by molar-refractivity contribution is 5.86. The number of H-pyrrole nitrogens is 1. The van der Waals surface area contributed by atoms with E-state index in [1.165, 1.54) is 22.2 Å². The van der Waals surface area contributed by atoms with Crippen molar-refractivity contribution in [1.29, 1.82) is 0 Å². The summed E-state index contributed by atoms with van der Waals surface area (Å²) in [6, 6.07) is 17.5. The van der Waals surface area contributed by atoms with E-state index in [0.29, 0.717) is 24.2 Å². The molecule has 1 N–H and O–H groups in total. The standard InChI is InChI=1S/C28H35N7O/c1-5-25-24-12-11-22(16-26(24)35(32-25)19(2)3)33-13-14-34(28(36)17-27-29-20(4)30-31-27)23(18-33)15-21-9-7-6-8-10-21/h6-12,16,19,23H,5,13-15,17-18H2,1-4H3,(H,29,30,31). The third-order valence-electron chi connectivity index (χ3n) is 7.04. The average molecular weight is 486 g/mol. The maximum absolute atomic E-state index is 13.4. The van der Waals surface area contributed by atoms with Crippen LogP contribution >= 0.6 is 0 Å². The number of rotatable bonds is 7. The van der Waals surface area contributed by atoms with Crippen molar-refractivity contribution in [2.24, 2.45) is 0 Å². The molecule has 8 heteroatoms. The molecule has 188 valence electrons. The Hall–Kier alpha value is -3.68. The summed E-state index contributed by atoms with van der Waals surface area (Å²) in [4.78, 5) is 22.2. The van der Waals surface area contributed by atoms with Crippen molar-refractivity contribution >= 4 is 22.5 Å². The summed E-state index contributed by atoms with van der Waals surface area (Å²) in [6.07, 6.45) is 1.97. The van der Waals surface area contributed by atoms with Crippen LogP contribution in [0.4, 0.5) is 5.69 Å². The zero-order chi connectivity index (χ0) is 25.2. The molecule has 0 radical (unpaired) electrons. The highest BCUT2D eigenvalue weighted by Crippen LogP contribution is 2.29. The Morgan fingerprint density at radius 2 is 1.94 bits per heavy atom. The number of nitrogens with one attached hydrogen (secondary N) is 1. The second kappa shape index (κ2) is 10.1. The third-order valence-corrected chi connectivity index (χ3v) is 7.04. The smallest absolute Gasteiger partial charge is 0.230 e. The monoisotopic (exact) mass is 485 g/mol. The Balaban J connectivity index is 1.42. The van der Waals surface area contributed by atoms with E-state index in [1.54, 1.807) is 0 Å². The van der Waals surface area contributed by atoms with Crippen LogP contribution in [-0.2, 0) is 24.1 Å². The zero-order valence-corrected chi connectivity index (χ0v) is 21.6. The molecule has 8 nitrogen and oxygen atoms in total. The molecule has 1 saturated heterocycles. The summed E-state index contributed by atoms with van der Waals surface area (Å²) in [5, 5.41) is 13.1. The fourth-order valence-corrected chi connectivity index (χ4v) is 5.24. The number of hydrogen-bond donors (Lipinski definition) is 1. The summed E-state index contributed by atoms with van der Waals surface area (Å²) in [6.45, 7) is 10.6. The van der Waals surface area contributed by atoms with Gasteiger partial charge in [0, 0.05) is 36.7 Å². The molecule has 0 spiro atoms. The van der Waals surface area contributed by atoms with Crippen LogP contribution in [0.25, 0.3) is 10.9 Å². The summed E-state index contributed by atoms with van der Waals surface area (Å²) in [5.41, 5.74) is 4.74. The molecule has 0 saturated carbocycles. The lowest BCUT2D eigenvalue weighted by molar-refractivity contribution is -0.133. The Morgan fingerprint density at radius 1 is 1.14 bits per heavy atom. The van der Waals surface area contributed by atoms with E-state index in [0.717, 1.165) is 31.6 Å². The molecule has 36 heavy (non-hydrogen) atoms. The van der Waals surface area contributed by atoms with Gasteiger partial charge in [0.2, 0.25) is 5.91 Å². The number of aryl methyl sites for hydroxylation is 2. The number of nitrogens with zero attached hydrogens (tertiary/aromatic N) is 6. The molecule has 0 bridgehead atoms. The fraction of sp³-hybridized carbons (Fsp3) is 0.429. The van der Waals surface area contributed by atoms with Gasteiger partial charge in [-0.15, -0.1) is 0 Å². The van der Waals surface area contributed by atoms with Crippen LogP contribution in [0.5, 0.6) is 0 Å². The molecule has 1 atom stereocenters. The minimum absolute atomic E-state index is 0.0644. The lowest BCUT2D eigenvalue weighted by Gasteiger charge is -2.42. The minimum Gasteiger partial charge on any atom is -0.368 e. The van der Waals surface area contributed by atoms with Gasteiger partial charge in [0.1, 0.15) is 11.6 Å². The van der Waals surface area contributed by atoms with E-state index in [1.807, 2.05) is 17.9 Å². The van der Waals surface area contributed by atoms with Crippen molar-refractivity contribution in [2.45, 2.75) is 59.0 Å². The van der Waals surface area contributed by atoms with Gasteiger partial charge >= 0.3 is 0 Å². The van der Waals surface area contributed by atoms with Gasteiger partial charge in [-0.05, 0) is 57.4 Å². The molecule has 1 aliphatic heterocycles. The Morgan fingerprint density at radius 3 is 2.64 bits per heavy atom. The Kier molecular flexibility index (Phi) is 6.76. The Bertz CT molecular complexity index is 1340. The van der Waals surface area contributed by atoms with Gasteiger partial charge in [-0.2, -0.15) is 10.2 Å².